The standard InChI is InChI=1S/C15H22O4/c1-2-6-12(5-1)18-15(11-16-9-14-10-17-14)19-13-7-3-4-8-13/h5,7,14-15H,1-4,6,8-11H2. The Morgan fingerprint density at radius 1 is 1.11 bits per heavy atom. The van der Waals surface area contributed by atoms with Gasteiger partial charge in [0.15, 0.2) is 0 Å². The highest BCUT2D eigenvalue weighted by Crippen LogP contribution is 2.25. The van der Waals surface area contributed by atoms with Crippen molar-refractivity contribution in [2.75, 3.05) is 19.8 Å². The zero-order chi connectivity index (χ0) is 12.9. The molecule has 0 aromatic carbocycles. The average Bonchev–Trinajstić information content (AvgIpc) is 2.90. The van der Waals surface area contributed by atoms with Gasteiger partial charge in [0, 0.05) is 12.8 Å². The molecule has 1 atom stereocenters. The first-order valence-electron chi connectivity index (χ1n) is 7.31. The molecule has 4 heteroatoms. The summed E-state index contributed by atoms with van der Waals surface area (Å²) in [6.07, 6.45) is 10.9. The minimum Gasteiger partial charge on any atom is -0.457 e. The van der Waals surface area contributed by atoms with Gasteiger partial charge >= 0.3 is 0 Å². The number of hydrogen-bond donors (Lipinski definition) is 0. The molecule has 0 amide bonds. The van der Waals surface area contributed by atoms with Gasteiger partial charge < -0.3 is 18.9 Å². The first-order chi connectivity index (χ1) is 9.40. The zero-order valence-corrected chi connectivity index (χ0v) is 11.3. The van der Waals surface area contributed by atoms with Gasteiger partial charge in [-0.05, 0) is 37.8 Å². The molecule has 0 saturated carbocycles. The molecule has 1 heterocycles. The third-order valence-corrected chi connectivity index (χ3v) is 3.52. The lowest BCUT2D eigenvalue weighted by Gasteiger charge is -2.21. The molecular weight excluding hydrogens is 244 g/mol. The third kappa shape index (κ3) is 4.25. The van der Waals surface area contributed by atoms with E-state index in [0.717, 1.165) is 43.8 Å². The van der Waals surface area contributed by atoms with E-state index in [1.807, 2.05) is 0 Å². The second-order valence-electron chi connectivity index (χ2n) is 5.28. The Morgan fingerprint density at radius 3 is 2.21 bits per heavy atom. The summed E-state index contributed by atoms with van der Waals surface area (Å²) in [5.41, 5.74) is 0. The highest BCUT2D eigenvalue weighted by atomic mass is 16.7. The van der Waals surface area contributed by atoms with Crippen LogP contribution in [0.15, 0.2) is 23.7 Å². The molecular formula is C15H22O4. The van der Waals surface area contributed by atoms with Gasteiger partial charge in [0.25, 0.3) is 6.29 Å². The van der Waals surface area contributed by atoms with Crippen LogP contribution < -0.4 is 0 Å². The van der Waals surface area contributed by atoms with Gasteiger partial charge in [0.1, 0.15) is 12.7 Å². The maximum Gasteiger partial charge on any atom is 0.263 e. The third-order valence-electron chi connectivity index (χ3n) is 3.52. The van der Waals surface area contributed by atoms with Gasteiger partial charge in [0.05, 0.1) is 24.7 Å². The molecule has 2 aliphatic carbocycles. The van der Waals surface area contributed by atoms with Crippen molar-refractivity contribution < 1.29 is 18.9 Å². The highest BCUT2D eigenvalue weighted by molar-refractivity contribution is 5.02. The maximum absolute atomic E-state index is 5.91. The molecule has 1 unspecified atom stereocenters. The SMILES string of the molecule is C1=C(OC(COCC2CO2)OC2=CCCC2)CCC1. The molecule has 19 heavy (non-hydrogen) atoms. The van der Waals surface area contributed by atoms with E-state index in [1.54, 1.807) is 0 Å². The largest absolute Gasteiger partial charge is 0.457 e. The van der Waals surface area contributed by atoms with Crippen molar-refractivity contribution in [1.29, 1.82) is 0 Å². The lowest BCUT2D eigenvalue weighted by molar-refractivity contribution is -0.130. The molecule has 3 rings (SSSR count). The molecule has 1 saturated heterocycles. The lowest BCUT2D eigenvalue weighted by Crippen LogP contribution is -2.24. The fourth-order valence-electron chi connectivity index (χ4n) is 2.39. The number of allylic oxidation sites excluding steroid dienone is 4. The molecule has 0 aromatic heterocycles. The first-order valence-corrected chi connectivity index (χ1v) is 7.31. The van der Waals surface area contributed by atoms with E-state index in [0.29, 0.717) is 13.2 Å². The van der Waals surface area contributed by atoms with Crippen LogP contribution >= 0.6 is 0 Å². The quantitative estimate of drug-likeness (QED) is 0.500. The van der Waals surface area contributed by atoms with E-state index in [9.17, 15) is 0 Å². The molecule has 0 aromatic rings. The van der Waals surface area contributed by atoms with E-state index < -0.39 is 0 Å². The monoisotopic (exact) mass is 266 g/mol. The second kappa shape index (κ2) is 6.44. The van der Waals surface area contributed by atoms with Crippen molar-refractivity contribution in [1.82, 2.24) is 0 Å². The molecule has 3 aliphatic rings. The molecule has 4 nitrogen and oxygen atoms in total. The summed E-state index contributed by atoms with van der Waals surface area (Å²) in [7, 11) is 0. The summed E-state index contributed by atoms with van der Waals surface area (Å²) in [6, 6.07) is 0. The van der Waals surface area contributed by atoms with Crippen LogP contribution in [0.1, 0.15) is 38.5 Å². The fraction of sp³-hybridized carbons (Fsp3) is 0.733. The fourth-order valence-corrected chi connectivity index (χ4v) is 2.39. The molecule has 0 bridgehead atoms. The Bertz CT molecular complexity index is 331. The van der Waals surface area contributed by atoms with E-state index in [4.69, 9.17) is 18.9 Å². The normalized spacial score (nSPS) is 25.4. The summed E-state index contributed by atoms with van der Waals surface area (Å²) in [5, 5.41) is 0. The van der Waals surface area contributed by atoms with E-state index in [-0.39, 0.29) is 12.4 Å². The van der Waals surface area contributed by atoms with Crippen LogP contribution in [0.2, 0.25) is 0 Å². The van der Waals surface area contributed by atoms with Crippen LogP contribution in [0, 0.1) is 0 Å². The van der Waals surface area contributed by atoms with Crippen molar-refractivity contribution in [2.45, 2.75) is 50.9 Å². The van der Waals surface area contributed by atoms with Crippen LogP contribution in [0.3, 0.4) is 0 Å². The van der Waals surface area contributed by atoms with Crippen molar-refractivity contribution in [3.8, 4) is 0 Å². The molecule has 1 aliphatic heterocycles. The second-order valence-corrected chi connectivity index (χ2v) is 5.28. The summed E-state index contributed by atoms with van der Waals surface area (Å²) < 4.78 is 22.6. The summed E-state index contributed by atoms with van der Waals surface area (Å²) >= 11 is 0. The summed E-state index contributed by atoms with van der Waals surface area (Å²) in [4.78, 5) is 0. The molecule has 0 N–H and O–H groups in total. The van der Waals surface area contributed by atoms with Crippen LogP contribution in [0.4, 0.5) is 0 Å². The Kier molecular flexibility index (Phi) is 4.41. The van der Waals surface area contributed by atoms with Gasteiger partial charge in [0.2, 0.25) is 0 Å². The topological polar surface area (TPSA) is 40.2 Å². The number of epoxide rings is 1. The van der Waals surface area contributed by atoms with Crippen molar-refractivity contribution in [3.63, 3.8) is 0 Å². The minimum absolute atomic E-state index is 0.289. The van der Waals surface area contributed by atoms with Crippen molar-refractivity contribution >= 4 is 0 Å². The van der Waals surface area contributed by atoms with Gasteiger partial charge in [-0.3, -0.25) is 0 Å². The van der Waals surface area contributed by atoms with Crippen LogP contribution in [-0.2, 0) is 18.9 Å². The van der Waals surface area contributed by atoms with Gasteiger partial charge in [-0.2, -0.15) is 0 Å². The minimum atomic E-state index is -0.313. The predicted molar refractivity (Wildman–Crippen MR) is 70.4 cm³/mol. The number of rotatable bonds is 8. The van der Waals surface area contributed by atoms with E-state index in [1.165, 1.54) is 12.8 Å². The van der Waals surface area contributed by atoms with Gasteiger partial charge in [-0.25, -0.2) is 0 Å². The Balaban J connectivity index is 1.47. The molecule has 0 radical (unpaired) electrons. The van der Waals surface area contributed by atoms with Gasteiger partial charge in [-0.1, -0.05) is 0 Å². The summed E-state index contributed by atoms with van der Waals surface area (Å²) in [5.74, 6) is 2.10. The first kappa shape index (κ1) is 13.0. The van der Waals surface area contributed by atoms with Crippen LogP contribution in [0.25, 0.3) is 0 Å². The Labute approximate surface area is 114 Å². The van der Waals surface area contributed by atoms with Crippen molar-refractivity contribution in [3.05, 3.63) is 23.7 Å². The van der Waals surface area contributed by atoms with Crippen LogP contribution in [-0.4, -0.2) is 32.2 Å². The Hall–Kier alpha value is -1.00. The molecule has 0 spiro atoms. The number of ether oxygens (including phenoxy) is 4. The lowest BCUT2D eigenvalue weighted by atomic mass is 10.3. The number of hydrogen-bond acceptors (Lipinski definition) is 4. The molecule has 1 fully saturated rings. The maximum atomic E-state index is 5.91. The van der Waals surface area contributed by atoms with Gasteiger partial charge in [-0.15, -0.1) is 0 Å². The van der Waals surface area contributed by atoms with E-state index >= 15 is 0 Å². The zero-order valence-electron chi connectivity index (χ0n) is 11.3. The average molecular weight is 266 g/mol. The molecule has 106 valence electrons. The highest BCUT2D eigenvalue weighted by Gasteiger charge is 2.24. The van der Waals surface area contributed by atoms with Crippen molar-refractivity contribution in [2.24, 2.45) is 0 Å². The van der Waals surface area contributed by atoms with Crippen LogP contribution in [0.5, 0.6) is 0 Å². The predicted octanol–water partition coefficient (Wildman–Crippen LogP) is 2.90. The smallest absolute Gasteiger partial charge is 0.263 e. The summed E-state index contributed by atoms with van der Waals surface area (Å²) in [6.45, 7) is 1.93. The van der Waals surface area contributed by atoms with E-state index in [2.05, 4.69) is 12.2 Å². The Morgan fingerprint density at radius 2 is 1.74 bits per heavy atom.